The van der Waals surface area contributed by atoms with Gasteiger partial charge in [-0.1, -0.05) is 18.2 Å². The van der Waals surface area contributed by atoms with Gasteiger partial charge in [-0.3, -0.25) is 19.5 Å². The summed E-state index contributed by atoms with van der Waals surface area (Å²) in [5, 5.41) is 18.5. The Kier molecular flexibility index (Phi) is 7.51. The molecule has 0 spiro atoms. The summed E-state index contributed by atoms with van der Waals surface area (Å²) in [4.78, 5) is 29.1. The summed E-state index contributed by atoms with van der Waals surface area (Å²) < 4.78 is 5.30. The summed E-state index contributed by atoms with van der Waals surface area (Å²) in [5.74, 6) is 0.272. The van der Waals surface area contributed by atoms with Gasteiger partial charge in [0.25, 0.3) is 6.47 Å². The van der Waals surface area contributed by atoms with Crippen LogP contribution in [0.1, 0.15) is 5.56 Å². The minimum absolute atomic E-state index is 0.135. The highest BCUT2D eigenvalue weighted by atomic mass is 16.5. The van der Waals surface area contributed by atoms with Crippen molar-refractivity contribution in [1.29, 1.82) is 0 Å². The Morgan fingerprint density at radius 2 is 1.93 bits per heavy atom. The van der Waals surface area contributed by atoms with Crippen LogP contribution in [0.4, 0.5) is 0 Å². The van der Waals surface area contributed by atoms with Crippen LogP contribution < -0.4 is 0 Å². The number of hydrogen-bond acceptors (Lipinski definition) is 6. The predicted octanol–water partition coefficient (Wildman–Crippen LogP) is 0.630. The third-order valence-electron chi connectivity index (χ3n) is 5.43. The molecule has 2 aromatic rings. The second kappa shape index (κ2) is 10.3. The van der Waals surface area contributed by atoms with E-state index in [0.29, 0.717) is 39.4 Å². The first-order chi connectivity index (χ1) is 14.1. The van der Waals surface area contributed by atoms with Crippen LogP contribution in [0.5, 0.6) is 0 Å². The van der Waals surface area contributed by atoms with Crippen molar-refractivity contribution in [2.45, 2.75) is 12.5 Å². The number of aliphatic hydroxyl groups is 1. The van der Waals surface area contributed by atoms with Gasteiger partial charge in [-0.05, 0) is 24.1 Å². The van der Waals surface area contributed by atoms with Gasteiger partial charge in [0.15, 0.2) is 0 Å². The maximum Gasteiger partial charge on any atom is 0.290 e. The van der Waals surface area contributed by atoms with Crippen molar-refractivity contribution in [2.75, 3.05) is 45.9 Å². The van der Waals surface area contributed by atoms with Crippen LogP contribution in [-0.2, 0) is 20.7 Å². The number of rotatable bonds is 4. The van der Waals surface area contributed by atoms with Gasteiger partial charge in [0, 0.05) is 43.7 Å². The van der Waals surface area contributed by atoms with E-state index < -0.39 is 6.10 Å². The van der Waals surface area contributed by atoms with E-state index in [0.717, 1.165) is 23.9 Å². The SMILES string of the molecule is O=C(CN1C[C@@H](Cc2ccnc3ccccc23)[C@@H](O)C1)N1CCOCC1.O=CO. The van der Waals surface area contributed by atoms with Gasteiger partial charge in [-0.25, -0.2) is 0 Å². The Morgan fingerprint density at radius 3 is 2.69 bits per heavy atom. The van der Waals surface area contributed by atoms with E-state index in [1.54, 1.807) is 0 Å². The maximum atomic E-state index is 12.4. The molecule has 3 heterocycles. The lowest BCUT2D eigenvalue weighted by atomic mass is 9.94. The number of ether oxygens (including phenoxy) is 1. The third kappa shape index (κ3) is 5.50. The molecule has 0 radical (unpaired) electrons. The van der Waals surface area contributed by atoms with Gasteiger partial charge in [0.05, 0.1) is 31.4 Å². The smallest absolute Gasteiger partial charge is 0.290 e. The van der Waals surface area contributed by atoms with Gasteiger partial charge in [-0.2, -0.15) is 0 Å². The molecule has 2 aliphatic rings. The average molecular weight is 401 g/mol. The van der Waals surface area contributed by atoms with E-state index >= 15 is 0 Å². The average Bonchev–Trinajstić information content (AvgIpc) is 3.08. The number of fused-ring (bicyclic) bond motifs is 1. The molecular formula is C21H27N3O5. The molecule has 29 heavy (non-hydrogen) atoms. The molecule has 4 rings (SSSR count). The van der Waals surface area contributed by atoms with Crippen LogP contribution in [0, 0.1) is 5.92 Å². The van der Waals surface area contributed by atoms with Gasteiger partial charge < -0.3 is 19.8 Å². The third-order valence-corrected chi connectivity index (χ3v) is 5.43. The molecule has 0 bridgehead atoms. The number of amides is 1. The quantitative estimate of drug-likeness (QED) is 0.725. The summed E-state index contributed by atoms with van der Waals surface area (Å²) in [6.07, 6.45) is 2.23. The van der Waals surface area contributed by atoms with Gasteiger partial charge in [0.1, 0.15) is 0 Å². The summed E-state index contributed by atoms with van der Waals surface area (Å²) >= 11 is 0. The number of aliphatic hydroxyl groups excluding tert-OH is 1. The lowest BCUT2D eigenvalue weighted by Crippen LogP contribution is -2.45. The number of pyridine rings is 1. The van der Waals surface area contributed by atoms with Gasteiger partial charge in [-0.15, -0.1) is 0 Å². The molecule has 2 atom stereocenters. The number of morpholine rings is 1. The van der Waals surface area contributed by atoms with Crippen molar-refractivity contribution in [3.05, 3.63) is 42.1 Å². The van der Waals surface area contributed by atoms with Gasteiger partial charge in [0.2, 0.25) is 5.91 Å². The molecule has 0 unspecified atom stereocenters. The zero-order valence-electron chi connectivity index (χ0n) is 16.3. The molecule has 1 amide bonds. The van der Waals surface area contributed by atoms with E-state index in [-0.39, 0.29) is 18.3 Å². The second-order valence-electron chi connectivity index (χ2n) is 7.31. The lowest BCUT2D eigenvalue weighted by molar-refractivity contribution is -0.136. The zero-order valence-corrected chi connectivity index (χ0v) is 16.3. The molecule has 8 nitrogen and oxygen atoms in total. The molecule has 1 aromatic carbocycles. The van der Waals surface area contributed by atoms with Crippen molar-refractivity contribution in [2.24, 2.45) is 5.92 Å². The number of aromatic nitrogens is 1. The summed E-state index contributed by atoms with van der Waals surface area (Å²) in [6, 6.07) is 10.1. The molecule has 0 aliphatic carbocycles. The topological polar surface area (TPSA) is 103 Å². The summed E-state index contributed by atoms with van der Waals surface area (Å²) in [5.41, 5.74) is 2.19. The number of β-amino-alcohol motifs (C(OH)–C–C–N with tert-alkyl or cyclic N) is 1. The molecule has 2 fully saturated rings. The summed E-state index contributed by atoms with van der Waals surface area (Å²) in [7, 11) is 0. The molecular weight excluding hydrogens is 374 g/mol. The number of carbonyl (C=O) groups is 2. The standard InChI is InChI=1S/C20H25N3O3.CH2O2/c24-19-13-22(14-20(25)23-7-9-26-10-8-23)12-16(19)11-15-5-6-21-18-4-2-1-3-17(15)18;2-1-3/h1-6,16,19,24H,7-14H2;1H,(H,2,3)/t16-,19+;/m1./s1. The number of benzene rings is 1. The molecule has 1 aromatic heterocycles. The normalized spacial score (nSPS) is 22.2. The zero-order chi connectivity index (χ0) is 20.6. The molecule has 2 N–H and O–H groups in total. The first-order valence-electron chi connectivity index (χ1n) is 9.78. The van der Waals surface area contributed by atoms with Crippen molar-refractivity contribution in [1.82, 2.24) is 14.8 Å². The van der Waals surface area contributed by atoms with E-state index in [9.17, 15) is 9.90 Å². The predicted molar refractivity (Wildman–Crippen MR) is 107 cm³/mol. The van der Waals surface area contributed by atoms with E-state index in [1.807, 2.05) is 35.4 Å². The van der Waals surface area contributed by atoms with Crippen molar-refractivity contribution < 1.29 is 24.5 Å². The van der Waals surface area contributed by atoms with E-state index in [1.165, 1.54) is 5.56 Å². The number of carboxylic acid groups (broad SMARTS) is 1. The monoisotopic (exact) mass is 401 g/mol. The Morgan fingerprint density at radius 1 is 1.21 bits per heavy atom. The first-order valence-corrected chi connectivity index (χ1v) is 9.78. The first kappa shape index (κ1) is 21.2. The van der Waals surface area contributed by atoms with Crippen LogP contribution in [0.2, 0.25) is 0 Å². The van der Waals surface area contributed by atoms with E-state index in [4.69, 9.17) is 14.6 Å². The van der Waals surface area contributed by atoms with Crippen LogP contribution in [-0.4, -0.2) is 89.4 Å². The lowest BCUT2D eigenvalue weighted by Gasteiger charge is -2.28. The number of likely N-dealkylation sites (tertiary alicyclic amines) is 1. The van der Waals surface area contributed by atoms with Crippen LogP contribution >= 0.6 is 0 Å². The number of hydrogen-bond donors (Lipinski definition) is 2. The molecule has 0 saturated carbocycles. The van der Waals surface area contributed by atoms with E-state index in [2.05, 4.69) is 16.0 Å². The highest BCUT2D eigenvalue weighted by Gasteiger charge is 2.33. The van der Waals surface area contributed by atoms with Gasteiger partial charge >= 0.3 is 0 Å². The Balaban J connectivity index is 0.000000755. The number of carbonyl (C=O) groups excluding carboxylic acids is 1. The highest BCUT2D eigenvalue weighted by molar-refractivity contribution is 5.82. The molecule has 2 saturated heterocycles. The molecule has 8 heteroatoms. The Hall–Kier alpha value is -2.55. The maximum absolute atomic E-state index is 12.4. The van der Waals surface area contributed by atoms with Crippen LogP contribution in [0.15, 0.2) is 36.5 Å². The Labute approximate surface area is 169 Å². The fourth-order valence-corrected chi connectivity index (χ4v) is 3.99. The fourth-order valence-electron chi connectivity index (χ4n) is 3.99. The molecule has 156 valence electrons. The minimum Gasteiger partial charge on any atom is -0.483 e. The summed E-state index contributed by atoms with van der Waals surface area (Å²) in [6.45, 7) is 4.00. The van der Waals surface area contributed by atoms with Crippen LogP contribution in [0.3, 0.4) is 0 Å². The second-order valence-corrected chi connectivity index (χ2v) is 7.31. The van der Waals surface area contributed by atoms with Crippen molar-refractivity contribution in [3.63, 3.8) is 0 Å². The minimum atomic E-state index is -0.403. The number of nitrogens with zero attached hydrogens (tertiary/aromatic N) is 3. The fraction of sp³-hybridized carbons (Fsp3) is 0.476. The largest absolute Gasteiger partial charge is 0.483 e. The van der Waals surface area contributed by atoms with Crippen molar-refractivity contribution >= 4 is 23.3 Å². The van der Waals surface area contributed by atoms with Crippen molar-refractivity contribution in [3.8, 4) is 0 Å². The Bertz CT molecular complexity index is 820. The molecule has 2 aliphatic heterocycles. The number of para-hydroxylation sites is 1. The van der Waals surface area contributed by atoms with Crippen LogP contribution in [0.25, 0.3) is 10.9 Å². The highest BCUT2D eigenvalue weighted by Crippen LogP contribution is 2.25.